The van der Waals surface area contributed by atoms with E-state index in [1.807, 2.05) is 24.3 Å². The van der Waals surface area contributed by atoms with Gasteiger partial charge in [-0.1, -0.05) is 62.7 Å². The maximum atomic E-state index is 13.4. The van der Waals surface area contributed by atoms with Gasteiger partial charge in [-0.3, -0.25) is 0 Å². The smallest absolute Gasteiger partial charge is 0.142 e. The fraction of sp³-hybridized carbons (Fsp3) is 0.294. The molecule has 0 amide bonds. The number of halogens is 2. The van der Waals surface area contributed by atoms with Crippen LogP contribution in [0, 0.1) is 5.82 Å². The van der Waals surface area contributed by atoms with Gasteiger partial charge in [-0.15, -0.1) is 0 Å². The minimum atomic E-state index is -0.851. The lowest BCUT2D eigenvalue weighted by molar-refractivity contribution is 0.219. The monoisotopic (exact) mass is 292 g/mol. The first-order valence-electron chi connectivity index (χ1n) is 6.52. The third-order valence-corrected chi connectivity index (χ3v) is 3.66. The van der Waals surface area contributed by atoms with Crippen LogP contribution in [0.25, 0.3) is 0 Å². The number of rotatable bonds is 2. The Bertz CT molecular complexity index is 599. The second-order valence-corrected chi connectivity index (χ2v) is 6.36. The maximum Gasteiger partial charge on any atom is 0.142 e. The predicted molar refractivity (Wildman–Crippen MR) is 80.6 cm³/mol. The molecule has 0 spiro atoms. The van der Waals surface area contributed by atoms with E-state index in [1.54, 1.807) is 6.07 Å². The lowest BCUT2D eigenvalue weighted by Crippen LogP contribution is -2.11. The average Bonchev–Trinajstić information content (AvgIpc) is 2.40. The van der Waals surface area contributed by atoms with Crippen LogP contribution in [0.15, 0.2) is 42.5 Å². The highest BCUT2D eigenvalue weighted by Gasteiger charge is 2.16. The zero-order valence-electron chi connectivity index (χ0n) is 11.8. The van der Waals surface area contributed by atoms with Gasteiger partial charge in [-0.2, -0.15) is 0 Å². The summed E-state index contributed by atoms with van der Waals surface area (Å²) in [5, 5.41) is 10.4. The molecule has 1 nitrogen and oxygen atoms in total. The molecule has 1 N–H and O–H groups in total. The molecule has 0 fully saturated rings. The Hall–Kier alpha value is -1.38. The van der Waals surface area contributed by atoms with Crippen LogP contribution in [0.4, 0.5) is 4.39 Å². The van der Waals surface area contributed by atoms with Crippen molar-refractivity contribution in [2.75, 3.05) is 0 Å². The molecular weight excluding hydrogens is 275 g/mol. The molecule has 20 heavy (non-hydrogen) atoms. The molecule has 0 saturated carbocycles. The van der Waals surface area contributed by atoms with E-state index in [0.717, 1.165) is 5.56 Å². The van der Waals surface area contributed by atoms with Gasteiger partial charge in [-0.25, -0.2) is 4.39 Å². The molecule has 2 rings (SSSR count). The zero-order chi connectivity index (χ0) is 14.9. The third kappa shape index (κ3) is 3.20. The molecule has 0 saturated heterocycles. The number of benzene rings is 2. The Kier molecular flexibility index (Phi) is 4.17. The predicted octanol–water partition coefficient (Wildman–Crippen LogP) is 4.86. The molecule has 0 aliphatic carbocycles. The quantitative estimate of drug-likeness (QED) is 0.838. The molecule has 0 radical (unpaired) electrons. The summed E-state index contributed by atoms with van der Waals surface area (Å²) in [4.78, 5) is 0. The molecule has 0 bridgehead atoms. The van der Waals surface area contributed by atoms with Crippen LogP contribution in [0.3, 0.4) is 0 Å². The zero-order valence-corrected chi connectivity index (χ0v) is 12.6. The summed E-state index contributed by atoms with van der Waals surface area (Å²) in [5.74, 6) is -0.519. The second kappa shape index (κ2) is 5.55. The first-order chi connectivity index (χ1) is 9.29. The number of aliphatic hydroxyl groups is 1. The topological polar surface area (TPSA) is 20.2 Å². The van der Waals surface area contributed by atoms with Crippen molar-refractivity contribution in [3.05, 3.63) is 70.0 Å². The Morgan fingerprint density at radius 2 is 1.55 bits per heavy atom. The van der Waals surface area contributed by atoms with E-state index in [4.69, 9.17) is 11.6 Å². The van der Waals surface area contributed by atoms with Gasteiger partial charge in [0.25, 0.3) is 0 Å². The van der Waals surface area contributed by atoms with Gasteiger partial charge in [0.15, 0.2) is 0 Å². The highest BCUT2D eigenvalue weighted by atomic mass is 35.5. The van der Waals surface area contributed by atoms with E-state index in [2.05, 4.69) is 20.8 Å². The first-order valence-corrected chi connectivity index (χ1v) is 6.90. The molecule has 3 heteroatoms. The van der Waals surface area contributed by atoms with Gasteiger partial charge >= 0.3 is 0 Å². The fourth-order valence-corrected chi connectivity index (χ4v) is 2.16. The highest BCUT2D eigenvalue weighted by molar-refractivity contribution is 6.30. The Morgan fingerprint density at radius 3 is 2.05 bits per heavy atom. The van der Waals surface area contributed by atoms with Gasteiger partial charge in [0.1, 0.15) is 11.9 Å². The van der Waals surface area contributed by atoms with Crippen LogP contribution in [0.2, 0.25) is 5.02 Å². The van der Waals surface area contributed by atoms with Crippen LogP contribution >= 0.6 is 11.6 Å². The normalized spacial score (nSPS) is 13.3. The third-order valence-electron chi connectivity index (χ3n) is 3.35. The Labute approximate surface area is 124 Å². The van der Waals surface area contributed by atoms with Gasteiger partial charge in [0.05, 0.1) is 5.02 Å². The van der Waals surface area contributed by atoms with Crippen LogP contribution < -0.4 is 0 Å². The van der Waals surface area contributed by atoms with Crippen LogP contribution in [-0.2, 0) is 5.41 Å². The van der Waals surface area contributed by atoms with Crippen molar-refractivity contribution in [3.63, 3.8) is 0 Å². The molecule has 1 unspecified atom stereocenters. The van der Waals surface area contributed by atoms with E-state index in [9.17, 15) is 9.50 Å². The number of hydrogen-bond donors (Lipinski definition) is 1. The SMILES string of the molecule is CC(C)(C)c1ccc(C(O)c2ccc(Cl)c(F)c2)cc1. The lowest BCUT2D eigenvalue weighted by Gasteiger charge is -2.20. The molecule has 0 aliphatic rings. The summed E-state index contributed by atoms with van der Waals surface area (Å²) in [6.07, 6.45) is -0.851. The van der Waals surface area contributed by atoms with E-state index in [1.165, 1.54) is 17.7 Å². The Morgan fingerprint density at radius 1 is 1.00 bits per heavy atom. The summed E-state index contributed by atoms with van der Waals surface area (Å²) in [6.45, 7) is 6.40. The van der Waals surface area contributed by atoms with E-state index in [-0.39, 0.29) is 10.4 Å². The molecule has 0 heterocycles. The summed E-state index contributed by atoms with van der Waals surface area (Å²) < 4.78 is 13.4. The minimum absolute atomic E-state index is 0.0593. The van der Waals surface area contributed by atoms with Crippen LogP contribution in [0.1, 0.15) is 43.6 Å². The molecular formula is C17H18ClFO. The lowest BCUT2D eigenvalue weighted by atomic mass is 9.86. The molecule has 2 aromatic carbocycles. The van der Waals surface area contributed by atoms with Crippen molar-refractivity contribution in [2.45, 2.75) is 32.3 Å². The summed E-state index contributed by atoms with van der Waals surface area (Å²) >= 11 is 5.65. The van der Waals surface area contributed by atoms with Gasteiger partial charge in [0.2, 0.25) is 0 Å². The van der Waals surface area contributed by atoms with Crippen molar-refractivity contribution in [2.24, 2.45) is 0 Å². The van der Waals surface area contributed by atoms with Gasteiger partial charge in [0, 0.05) is 0 Å². The standard InChI is InChI=1S/C17H18ClFO/c1-17(2,3)13-7-4-11(5-8-13)16(20)12-6-9-14(18)15(19)10-12/h4-10,16,20H,1-3H3. The van der Waals surface area contributed by atoms with E-state index in [0.29, 0.717) is 5.56 Å². The number of hydrogen-bond acceptors (Lipinski definition) is 1. The van der Waals surface area contributed by atoms with Crippen molar-refractivity contribution in [1.82, 2.24) is 0 Å². The maximum absolute atomic E-state index is 13.4. The summed E-state index contributed by atoms with van der Waals surface area (Å²) in [6, 6.07) is 12.1. The highest BCUT2D eigenvalue weighted by Crippen LogP contribution is 2.28. The molecule has 0 aliphatic heterocycles. The van der Waals surface area contributed by atoms with Gasteiger partial charge in [-0.05, 0) is 34.2 Å². The molecule has 0 aromatic heterocycles. The van der Waals surface area contributed by atoms with Gasteiger partial charge < -0.3 is 5.11 Å². The molecule has 2 aromatic rings. The molecule has 106 valence electrons. The summed E-state index contributed by atoms with van der Waals surface area (Å²) in [5.41, 5.74) is 2.49. The minimum Gasteiger partial charge on any atom is -0.384 e. The first kappa shape index (κ1) is 15.0. The largest absolute Gasteiger partial charge is 0.384 e. The fourth-order valence-electron chi connectivity index (χ4n) is 2.04. The van der Waals surface area contributed by atoms with Crippen molar-refractivity contribution >= 4 is 11.6 Å². The van der Waals surface area contributed by atoms with Crippen molar-refractivity contribution in [1.29, 1.82) is 0 Å². The summed E-state index contributed by atoms with van der Waals surface area (Å²) in [7, 11) is 0. The van der Waals surface area contributed by atoms with E-state index < -0.39 is 11.9 Å². The molecule has 1 atom stereocenters. The van der Waals surface area contributed by atoms with E-state index >= 15 is 0 Å². The average molecular weight is 293 g/mol. The van der Waals surface area contributed by atoms with Crippen LogP contribution in [-0.4, -0.2) is 5.11 Å². The second-order valence-electron chi connectivity index (χ2n) is 5.95. The van der Waals surface area contributed by atoms with Crippen molar-refractivity contribution < 1.29 is 9.50 Å². The van der Waals surface area contributed by atoms with Crippen molar-refractivity contribution in [3.8, 4) is 0 Å². The Balaban J connectivity index is 2.29. The van der Waals surface area contributed by atoms with Crippen LogP contribution in [0.5, 0.6) is 0 Å². The number of aliphatic hydroxyl groups excluding tert-OH is 1.